The van der Waals surface area contributed by atoms with Crippen molar-refractivity contribution >= 4 is 28.4 Å². The second kappa shape index (κ2) is 9.50. The summed E-state index contributed by atoms with van der Waals surface area (Å²) < 4.78 is 20.7. The lowest BCUT2D eigenvalue weighted by atomic mass is 9.98. The molecule has 0 saturated heterocycles. The SMILES string of the molecule is C=C(C)C(=O)Nc1ccc(-c2c(-c3ccc(Oc4ncc(F)cn4)cc3)c3c(N)ncnc3n2C)cc1. The number of nitrogens with two attached hydrogens (primary N) is 1. The minimum Gasteiger partial charge on any atom is -0.424 e. The van der Waals surface area contributed by atoms with Gasteiger partial charge in [0.2, 0.25) is 0 Å². The van der Waals surface area contributed by atoms with E-state index in [2.05, 4.69) is 31.8 Å². The van der Waals surface area contributed by atoms with E-state index in [0.717, 1.165) is 40.2 Å². The first-order valence-electron chi connectivity index (χ1n) is 11.2. The van der Waals surface area contributed by atoms with E-state index in [-0.39, 0.29) is 11.9 Å². The first kappa shape index (κ1) is 23.6. The van der Waals surface area contributed by atoms with E-state index in [1.165, 1.54) is 6.33 Å². The fourth-order valence-electron chi connectivity index (χ4n) is 3.99. The molecule has 5 rings (SSSR count). The first-order chi connectivity index (χ1) is 17.8. The lowest BCUT2D eigenvalue weighted by Gasteiger charge is -2.11. The fraction of sp³-hybridized carbons (Fsp3) is 0.0741. The average Bonchev–Trinajstić information content (AvgIpc) is 3.20. The molecule has 0 unspecified atom stereocenters. The van der Waals surface area contributed by atoms with Gasteiger partial charge in [0, 0.05) is 23.9 Å². The van der Waals surface area contributed by atoms with E-state index in [9.17, 15) is 9.18 Å². The Kier molecular flexibility index (Phi) is 6.06. The normalized spacial score (nSPS) is 10.9. The minimum atomic E-state index is -0.544. The quantitative estimate of drug-likeness (QED) is 0.314. The number of hydrogen-bond donors (Lipinski definition) is 2. The lowest BCUT2D eigenvalue weighted by molar-refractivity contribution is -0.112. The van der Waals surface area contributed by atoms with E-state index >= 15 is 0 Å². The Balaban J connectivity index is 1.57. The van der Waals surface area contributed by atoms with Crippen molar-refractivity contribution in [3.63, 3.8) is 0 Å². The maximum absolute atomic E-state index is 13.1. The molecule has 0 aliphatic carbocycles. The molecule has 184 valence electrons. The second-order valence-corrected chi connectivity index (χ2v) is 8.36. The van der Waals surface area contributed by atoms with Crippen LogP contribution in [0.3, 0.4) is 0 Å². The summed E-state index contributed by atoms with van der Waals surface area (Å²) >= 11 is 0. The number of amides is 1. The summed E-state index contributed by atoms with van der Waals surface area (Å²) in [6.07, 6.45) is 3.51. The van der Waals surface area contributed by atoms with E-state index in [1.807, 2.05) is 48.0 Å². The number of nitrogen functional groups attached to an aromatic ring is 1. The van der Waals surface area contributed by atoms with Crippen molar-refractivity contribution in [1.82, 2.24) is 24.5 Å². The van der Waals surface area contributed by atoms with Gasteiger partial charge in [0.15, 0.2) is 5.82 Å². The molecular weight excluding hydrogens is 473 g/mol. The molecule has 37 heavy (non-hydrogen) atoms. The average molecular weight is 496 g/mol. The number of ether oxygens (including phenoxy) is 1. The molecule has 0 radical (unpaired) electrons. The predicted octanol–water partition coefficient (Wildman–Crippen LogP) is 5.12. The van der Waals surface area contributed by atoms with Gasteiger partial charge in [0.05, 0.1) is 23.5 Å². The van der Waals surface area contributed by atoms with Gasteiger partial charge in [-0.2, -0.15) is 0 Å². The van der Waals surface area contributed by atoms with E-state index < -0.39 is 5.82 Å². The summed E-state index contributed by atoms with van der Waals surface area (Å²) in [6, 6.07) is 14.8. The van der Waals surface area contributed by atoms with Crippen LogP contribution >= 0.6 is 0 Å². The monoisotopic (exact) mass is 495 g/mol. The summed E-state index contributed by atoms with van der Waals surface area (Å²) in [5, 5.41) is 3.53. The molecule has 0 saturated carbocycles. The van der Waals surface area contributed by atoms with Gasteiger partial charge >= 0.3 is 6.01 Å². The Morgan fingerprint density at radius 1 is 1.00 bits per heavy atom. The van der Waals surface area contributed by atoms with E-state index in [0.29, 0.717) is 28.5 Å². The van der Waals surface area contributed by atoms with Crippen LogP contribution in [0.15, 0.2) is 79.4 Å². The van der Waals surface area contributed by atoms with Crippen LogP contribution in [-0.4, -0.2) is 30.4 Å². The summed E-state index contributed by atoms with van der Waals surface area (Å²) in [7, 11) is 1.91. The summed E-state index contributed by atoms with van der Waals surface area (Å²) in [4.78, 5) is 28.3. The molecule has 0 bridgehead atoms. The van der Waals surface area contributed by atoms with Crippen LogP contribution in [-0.2, 0) is 11.8 Å². The van der Waals surface area contributed by atoms with Crippen LogP contribution in [0.1, 0.15) is 6.92 Å². The molecule has 0 atom stereocenters. The van der Waals surface area contributed by atoms with E-state index in [4.69, 9.17) is 10.5 Å². The van der Waals surface area contributed by atoms with Crippen molar-refractivity contribution < 1.29 is 13.9 Å². The van der Waals surface area contributed by atoms with Gasteiger partial charge in [-0.3, -0.25) is 4.79 Å². The topological polar surface area (TPSA) is 121 Å². The maximum atomic E-state index is 13.1. The molecule has 3 aromatic heterocycles. The predicted molar refractivity (Wildman–Crippen MR) is 139 cm³/mol. The van der Waals surface area contributed by atoms with Gasteiger partial charge in [-0.25, -0.2) is 24.3 Å². The lowest BCUT2D eigenvalue weighted by Crippen LogP contribution is -2.11. The number of hydrogen-bond acceptors (Lipinski definition) is 7. The number of halogens is 1. The van der Waals surface area contributed by atoms with Crippen LogP contribution in [0.25, 0.3) is 33.4 Å². The zero-order valence-corrected chi connectivity index (χ0v) is 20.1. The van der Waals surface area contributed by atoms with Crippen molar-refractivity contribution in [3.05, 3.63) is 85.2 Å². The summed E-state index contributed by atoms with van der Waals surface area (Å²) in [6.45, 7) is 5.32. The number of rotatable bonds is 6. The molecule has 0 aliphatic heterocycles. The largest absolute Gasteiger partial charge is 0.424 e. The molecule has 2 aromatic carbocycles. The van der Waals surface area contributed by atoms with Gasteiger partial charge in [-0.05, 0) is 42.3 Å². The summed E-state index contributed by atoms with van der Waals surface area (Å²) in [5.74, 6) is 0.0536. The number of fused-ring (bicyclic) bond motifs is 1. The molecule has 9 nitrogen and oxygen atoms in total. The van der Waals surface area contributed by atoms with Crippen LogP contribution < -0.4 is 15.8 Å². The van der Waals surface area contributed by atoms with Crippen molar-refractivity contribution in [1.29, 1.82) is 0 Å². The van der Waals surface area contributed by atoms with Crippen LogP contribution in [0.5, 0.6) is 11.8 Å². The molecule has 0 aliphatic rings. The first-order valence-corrected chi connectivity index (χ1v) is 11.2. The van der Waals surface area contributed by atoms with Crippen molar-refractivity contribution in [2.24, 2.45) is 7.05 Å². The Labute approximate surface area is 211 Å². The number of carbonyl (C=O) groups excluding carboxylic acids is 1. The Hall–Kier alpha value is -5.12. The third-order valence-electron chi connectivity index (χ3n) is 5.75. The highest BCUT2D eigenvalue weighted by molar-refractivity contribution is 6.08. The van der Waals surface area contributed by atoms with Crippen LogP contribution in [0.4, 0.5) is 15.9 Å². The molecule has 3 N–H and O–H groups in total. The number of anilines is 2. The molecule has 3 heterocycles. The third kappa shape index (κ3) is 4.59. The maximum Gasteiger partial charge on any atom is 0.322 e. The number of aryl methyl sites for hydroxylation is 1. The molecule has 0 spiro atoms. The standard InChI is InChI=1S/C27H22FN7O2/c1-15(2)26(36)34-19-8-4-17(5-9-19)23-21(22-24(29)32-14-33-25(22)35(23)3)16-6-10-20(11-7-16)37-27-30-12-18(28)13-31-27/h4-14H,1H2,2-3H3,(H,34,36)(H2,29,32,33). The number of benzene rings is 2. The zero-order chi connectivity index (χ0) is 26.1. The van der Waals surface area contributed by atoms with Gasteiger partial charge < -0.3 is 20.4 Å². The molecule has 1 amide bonds. The Morgan fingerprint density at radius 3 is 2.30 bits per heavy atom. The zero-order valence-electron chi connectivity index (χ0n) is 20.1. The van der Waals surface area contributed by atoms with Gasteiger partial charge in [-0.15, -0.1) is 0 Å². The van der Waals surface area contributed by atoms with Gasteiger partial charge in [0.25, 0.3) is 5.91 Å². The Bertz CT molecular complexity index is 1630. The summed E-state index contributed by atoms with van der Waals surface area (Å²) in [5.41, 5.74) is 11.5. The molecule has 10 heteroatoms. The molecule has 0 fully saturated rings. The second-order valence-electron chi connectivity index (χ2n) is 8.36. The van der Waals surface area contributed by atoms with Gasteiger partial charge in [0.1, 0.15) is 23.5 Å². The van der Waals surface area contributed by atoms with Crippen molar-refractivity contribution in [3.8, 4) is 34.1 Å². The number of nitrogens with one attached hydrogen (secondary N) is 1. The highest BCUT2D eigenvalue weighted by Gasteiger charge is 2.22. The van der Waals surface area contributed by atoms with Crippen molar-refractivity contribution in [2.75, 3.05) is 11.1 Å². The Morgan fingerprint density at radius 2 is 1.65 bits per heavy atom. The highest BCUT2D eigenvalue weighted by atomic mass is 19.1. The number of nitrogens with zero attached hydrogens (tertiary/aromatic N) is 5. The number of carbonyl (C=O) groups is 1. The van der Waals surface area contributed by atoms with Crippen molar-refractivity contribution in [2.45, 2.75) is 6.92 Å². The van der Waals surface area contributed by atoms with Gasteiger partial charge in [-0.1, -0.05) is 30.8 Å². The minimum absolute atomic E-state index is 0.0384. The number of aromatic nitrogens is 5. The van der Waals surface area contributed by atoms with Crippen LogP contribution in [0.2, 0.25) is 0 Å². The molecular formula is C27H22FN7O2. The molecule has 5 aromatic rings. The van der Waals surface area contributed by atoms with Crippen LogP contribution in [0, 0.1) is 5.82 Å². The third-order valence-corrected chi connectivity index (χ3v) is 5.75. The highest BCUT2D eigenvalue weighted by Crippen LogP contribution is 2.42. The van der Waals surface area contributed by atoms with E-state index in [1.54, 1.807) is 19.1 Å². The smallest absolute Gasteiger partial charge is 0.322 e. The fourth-order valence-corrected chi connectivity index (χ4v) is 3.99.